The van der Waals surface area contributed by atoms with Gasteiger partial charge in [-0.2, -0.15) is 21.6 Å². The number of anilines is 2. The number of carboxylic acid groups (broad SMARTS) is 1. The molecule has 2 aromatic heterocycles. The summed E-state index contributed by atoms with van der Waals surface area (Å²) in [5.74, 6) is -0.935. The molecule has 12 heteroatoms. The van der Waals surface area contributed by atoms with E-state index >= 15 is 0 Å². The molecule has 2 N–H and O–H groups in total. The number of carbonyl (C=O) groups is 1. The number of hydrogen-bond acceptors (Lipinski definition) is 6. The van der Waals surface area contributed by atoms with Gasteiger partial charge < -0.3 is 10.0 Å². The molecule has 0 radical (unpaired) electrons. The van der Waals surface area contributed by atoms with E-state index in [0.29, 0.717) is 43.6 Å². The monoisotopic (exact) mass is 562 g/mol. The number of benzene rings is 1. The van der Waals surface area contributed by atoms with E-state index in [1.165, 1.54) is 18.2 Å². The summed E-state index contributed by atoms with van der Waals surface area (Å²) >= 11 is 0. The Hall–Kier alpha value is -3.67. The van der Waals surface area contributed by atoms with Gasteiger partial charge in [0.05, 0.1) is 16.7 Å². The maximum absolute atomic E-state index is 13.9. The Morgan fingerprint density at radius 1 is 1.10 bits per heavy atom. The second-order valence-electron chi connectivity index (χ2n) is 9.83. The number of halogens is 3. The summed E-state index contributed by atoms with van der Waals surface area (Å²) in [5, 5.41) is 9.24. The number of aliphatic carboxylic acids is 1. The van der Waals surface area contributed by atoms with Crippen LogP contribution in [0.5, 0.6) is 0 Å². The topological polar surface area (TPSA) is 112 Å². The molecule has 208 valence electrons. The Morgan fingerprint density at radius 3 is 2.54 bits per heavy atom. The van der Waals surface area contributed by atoms with Crippen LogP contribution in [0.3, 0.4) is 0 Å². The van der Waals surface area contributed by atoms with Crippen LogP contribution in [0.4, 0.5) is 24.8 Å². The lowest BCUT2D eigenvalue weighted by atomic mass is 9.82. The summed E-state index contributed by atoms with van der Waals surface area (Å²) in [4.78, 5) is 21.8. The Balaban J connectivity index is 1.68. The number of pyridine rings is 2. The van der Waals surface area contributed by atoms with Gasteiger partial charge >= 0.3 is 12.1 Å². The highest BCUT2D eigenvalue weighted by Gasteiger charge is 2.39. The molecule has 0 amide bonds. The highest BCUT2D eigenvalue weighted by molar-refractivity contribution is 7.92. The molecule has 1 fully saturated rings. The maximum atomic E-state index is 13.9. The molecule has 1 aliphatic heterocycles. The fourth-order valence-corrected chi connectivity index (χ4v) is 5.68. The highest BCUT2D eigenvalue weighted by atomic mass is 32.2. The van der Waals surface area contributed by atoms with E-state index in [9.17, 15) is 31.5 Å². The predicted octanol–water partition coefficient (Wildman–Crippen LogP) is 5.61. The van der Waals surface area contributed by atoms with E-state index in [1.54, 1.807) is 36.1 Å². The third-order valence-corrected chi connectivity index (χ3v) is 8.01. The molecule has 1 saturated heterocycles. The Kier molecular flexibility index (Phi) is 7.87. The first-order valence-electron chi connectivity index (χ1n) is 12.5. The van der Waals surface area contributed by atoms with E-state index in [4.69, 9.17) is 0 Å². The van der Waals surface area contributed by atoms with Crippen molar-refractivity contribution < 1.29 is 31.5 Å². The molecule has 0 bridgehead atoms. The van der Waals surface area contributed by atoms with Crippen molar-refractivity contribution in [3.63, 3.8) is 0 Å². The van der Waals surface area contributed by atoms with E-state index in [1.807, 2.05) is 6.92 Å². The van der Waals surface area contributed by atoms with Gasteiger partial charge in [0.2, 0.25) is 0 Å². The van der Waals surface area contributed by atoms with Gasteiger partial charge in [0, 0.05) is 18.7 Å². The molecule has 1 aromatic carbocycles. The number of nitrogens with zero attached hydrogens (tertiary/aromatic N) is 3. The average Bonchev–Trinajstić information content (AvgIpc) is 2.88. The molecule has 1 atom stereocenters. The van der Waals surface area contributed by atoms with Crippen molar-refractivity contribution in [3.05, 3.63) is 65.7 Å². The smallest absolute Gasteiger partial charge is 0.418 e. The van der Waals surface area contributed by atoms with E-state index < -0.39 is 33.1 Å². The maximum Gasteiger partial charge on any atom is 0.418 e. The quantitative estimate of drug-likeness (QED) is 0.367. The number of nitrogens with one attached hydrogen (secondary N) is 1. The molecule has 0 aliphatic carbocycles. The largest absolute Gasteiger partial charge is 0.481 e. The van der Waals surface area contributed by atoms with Crippen LogP contribution in [-0.4, -0.2) is 42.6 Å². The van der Waals surface area contributed by atoms with Crippen LogP contribution in [0.1, 0.15) is 44.2 Å². The molecule has 0 spiro atoms. The molecule has 8 nitrogen and oxygen atoms in total. The number of carboxylic acids is 1. The highest BCUT2D eigenvalue weighted by Crippen LogP contribution is 2.38. The lowest BCUT2D eigenvalue weighted by Crippen LogP contribution is -2.46. The zero-order valence-corrected chi connectivity index (χ0v) is 22.3. The van der Waals surface area contributed by atoms with Gasteiger partial charge in [0.15, 0.2) is 5.03 Å². The fourth-order valence-electron chi connectivity index (χ4n) is 4.72. The minimum absolute atomic E-state index is 0.160. The van der Waals surface area contributed by atoms with Crippen molar-refractivity contribution in [2.24, 2.45) is 5.41 Å². The Labute approximate surface area is 225 Å². The van der Waals surface area contributed by atoms with Crippen molar-refractivity contribution in [1.82, 2.24) is 9.97 Å². The van der Waals surface area contributed by atoms with Crippen molar-refractivity contribution in [1.29, 1.82) is 0 Å². The van der Waals surface area contributed by atoms with Crippen molar-refractivity contribution in [2.45, 2.75) is 50.7 Å². The number of aromatic nitrogens is 2. The van der Waals surface area contributed by atoms with Gasteiger partial charge in [-0.15, -0.1) is 0 Å². The van der Waals surface area contributed by atoms with Crippen LogP contribution < -0.4 is 9.62 Å². The van der Waals surface area contributed by atoms with Crippen LogP contribution in [0.25, 0.3) is 11.3 Å². The number of hydrogen-bond donors (Lipinski definition) is 2. The summed E-state index contributed by atoms with van der Waals surface area (Å²) in [6.07, 6.45) is -2.39. The van der Waals surface area contributed by atoms with Gasteiger partial charge in [-0.05, 0) is 56.0 Å². The minimum atomic E-state index is -4.70. The van der Waals surface area contributed by atoms with Crippen LogP contribution in [0.15, 0.2) is 59.6 Å². The zero-order valence-electron chi connectivity index (χ0n) is 21.5. The van der Waals surface area contributed by atoms with E-state index in [-0.39, 0.29) is 28.6 Å². The molecule has 0 unspecified atom stereocenters. The SMILES string of the molecule is CCCc1ccccc1-c1nc(NS(=O)(=O)c2cccc(N3CCC[C@](C)(C(=O)O)C3)n2)ccc1C(F)(F)F. The summed E-state index contributed by atoms with van der Waals surface area (Å²) in [5.41, 5.74) is -1.39. The van der Waals surface area contributed by atoms with E-state index in [0.717, 1.165) is 12.1 Å². The lowest BCUT2D eigenvalue weighted by molar-refractivity contribution is -0.148. The van der Waals surface area contributed by atoms with Crippen molar-refractivity contribution in [3.8, 4) is 11.3 Å². The van der Waals surface area contributed by atoms with E-state index in [2.05, 4.69) is 14.7 Å². The first-order valence-corrected chi connectivity index (χ1v) is 14.0. The lowest BCUT2D eigenvalue weighted by Gasteiger charge is -2.38. The Morgan fingerprint density at radius 2 is 1.85 bits per heavy atom. The Bertz CT molecular complexity index is 1480. The summed E-state index contributed by atoms with van der Waals surface area (Å²) in [6.45, 7) is 4.21. The fraction of sp³-hybridized carbons (Fsp3) is 0.370. The molecule has 4 rings (SSSR count). The number of aryl methyl sites for hydroxylation is 1. The zero-order chi connectivity index (χ0) is 28.4. The van der Waals surface area contributed by atoms with Crippen molar-refractivity contribution in [2.75, 3.05) is 22.7 Å². The molecule has 1 aliphatic rings. The number of alkyl halides is 3. The van der Waals surface area contributed by atoms with Crippen LogP contribution in [0, 0.1) is 5.41 Å². The van der Waals surface area contributed by atoms with Crippen LogP contribution >= 0.6 is 0 Å². The molecule has 3 aromatic rings. The number of rotatable bonds is 8. The molecule has 0 saturated carbocycles. The van der Waals surface area contributed by atoms with Gasteiger partial charge in [-0.3, -0.25) is 9.52 Å². The first kappa shape index (κ1) is 28.3. The third-order valence-electron chi connectivity index (χ3n) is 6.75. The predicted molar refractivity (Wildman–Crippen MR) is 141 cm³/mol. The van der Waals surface area contributed by atoms with Gasteiger partial charge in [0.1, 0.15) is 11.6 Å². The summed E-state index contributed by atoms with van der Waals surface area (Å²) in [7, 11) is -4.34. The average molecular weight is 563 g/mol. The second kappa shape index (κ2) is 10.8. The van der Waals surface area contributed by atoms with Crippen LogP contribution in [-0.2, 0) is 27.4 Å². The number of piperidine rings is 1. The first-order chi connectivity index (χ1) is 18.3. The van der Waals surface area contributed by atoms with Gasteiger partial charge in [-0.25, -0.2) is 9.97 Å². The minimum Gasteiger partial charge on any atom is -0.481 e. The molecular weight excluding hydrogens is 533 g/mol. The third kappa shape index (κ3) is 6.16. The number of sulfonamides is 1. The van der Waals surface area contributed by atoms with Gasteiger partial charge in [-0.1, -0.05) is 43.7 Å². The summed E-state index contributed by atoms with van der Waals surface area (Å²) in [6, 6.07) is 12.7. The molecule has 3 heterocycles. The summed E-state index contributed by atoms with van der Waals surface area (Å²) < 4.78 is 70.3. The standard InChI is InChI=1S/C27H29F3N4O4S/c1-3-8-18-9-4-5-10-19(18)24-20(27(28,29)30)13-14-21(31-24)33-39(37,38)23-12-6-11-22(32-23)34-16-7-15-26(2,17-34)25(35)36/h4-6,9-14H,3,7-8,15-17H2,1-2H3,(H,31,33)(H,35,36)/t26-/m0/s1. The van der Waals surface area contributed by atoms with Gasteiger partial charge in [0.25, 0.3) is 10.0 Å². The second-order valence-corrected chi connectivity index (χ2v) is 11.5. The van der Waals surface area contributed by atoms with Crippen molar-refractivity contribution >= 4 is 27.6 Å². The normalized spacial score (nSPS) is 18.1. The van der Waals surface area contributed by atoms with Crippen LogP contribution in [0.2, 0.25) is 0 Å². The molecule has 39 heavy (non-hydrogen) atoms. The molecular formula is C27H29F3N4O4S.